The summed E-state index contributed by atoms with van der Waals surface area (Å²) >= 11 is 0. The number of pyridine rings is 1. The fourth-order valence-electron chi connectivity index (χ4n) is 3.73. The fraction of sp³-hybridized carbons (Fsp3) is 0.438. The standard InChI is InChI=1S/C16H19N3O2S/c1-11-7-17-8-12-3-2-4-15(16(11)12)22(20,21)19-9-13-5-6-18-14(13)10-19/h2-4,7-8,13-14,18H,5-6,9-10H2,1H3. The molecule has 5 nitrogen and oxygen atoms in total. The average molecular weight is 317 g/mol. The summed E-state index contributed by atoms with van der Waals surface area (Å²) in [4.78, 5) is 4.57. The van der Waals surface area contributed by atoms with E-state index in [0.717, 1.165) is 29.3 Å². The Labute approximate surface area is 130 Å². The Bertz CT molecular complexity index is 817. The van der Waals surface area contributed by atoms with Crippen molar-refractivity contribution < 1.29 is 8.42 Å². The van der Waals surface area contributed by atoms with Crippen molar-refractivity contribution >= 4 is 20.8 Å². The molecule has 4 rings (SSSR count). The van der Waals surface area contributed by atoms with Gasteiger partial charge in [0.2, 0.25) is 10.0 Å². The van der Waals surface area contributed by atoms with E-state index in [1.807, 2.05) is 13.0 Å². The van der Waals surface area contributed by atoms with Crippen LogP contribution in [0.2, 0.25) is 0 Å². The summed E-state index contributed by atoms with van der Waals surface area (Å²) in [6, 6.07) is 5.74. The molecule has 1 aromatic carbocycles. The van der Waals surface area contributed by atoms with Crippen molar-refractivity contribution in [1.29, 1.82) is 0 Å². The molecule has 0 bridgehead atoms. The molecule has 116 valence electrons. The summed E-state index contributed by atoms with van der Waals surface area (Å²) in [6.07, 6.45) is 4.51. The van der Waals surface area contributed by atoms with Gasteiger partial charge in [0.25, 0.3) is 0 Å². The number of rotatable bonds is 2. The number of benzene rings is 1. The van der Waals surface area contributed by atoms with E-state index in [-0.39, 0.29) is 0 Å². The first kappa shape index (κ1) is 14.1. The van der Waals surface area contributed by atoms with Gasteiger partial charge < -0.3 is 5.32 Å². The van der Waals surface area contributed by atoms with Gasteiger partial charge in [0, 0.05) is 42.3 Å². The molecule has 2 aliphatic heterocycles. The number of aryl methyl sites for hydroxylation is 1. The minimum Gasteiger partial charge on any atom is -0.312 e. The van der Waals surface area contributed by atoms with E-state index >= 15 is 0 Å². The molecule has 1 aromatic heterocycles. The topological polar surface area (TPSA) is 62.3 Å². The van der Waals surface area contributed by atoms with Crippen LogP contribution in [0.4, 0.5) is 0 Å². The number of aromatic nitrogens is 1. The third kappa shape index (κ3) is 2.06. The van der Waals surface area contributed by atoms with Crippen molar-refractivity contribution in [2.45, 2.75) is 24.3 Å². The van der Waals surface area contributed by atoms with Crippen molar-refractivity contribution in [3.63, 3.8) is 0 Å². The van der Waals surface area contributed by atoms with Crippen LogP contribution in [0.3, 0.4) is 0 Å². The number of nitrogens with zero attached hydrogens (tertiary/aromatic N) is 2. The number of sulfonamides is 1. The van der Waals surface area contributed by atoms with Crippen LogP contribution in [0, 0.1) is 12.8 Å². The third-order valence-electron chi connectivity index (χ3n) is 4.88. The Morgan fingerprint density at radius 2 is 2.14 bits per heavy atom. The molecule has 2 atom stereocenters. The molecule has 2 aliphatic rings. The highest BCUT2D eigenvalue weighted by atomic mass is 32.2. The van der Waals surface area contributed by atoms with Gasteiger partial charge in [0.05, 0.1) is 4.90 Å². The lowest BCUT2D eigenvalue weighted by atomic mass is 10.1. The molecule has 2 saturated heterocycles. The molecule has 0 radical (unpaired) electrons. The van der Waals surface area contributed by atoms with Crippen molar-refractivity contribution in [2.75, 3.05) is 19.6 Å². The van der Waals surface area contributed by atoms with Gasteiger partial charge in [-0.3, -0.25) is 4.98 Å². The molecular formula is C16H19N3O2S. The van der Waals surface area contributed by atoms with Crippen molar-refractivity contribution in [3.8, 4) is 0 Å². The van der Waals surface area contributed by atoms with E-state index < -0.39 is 10.0 Å². The quantitative estimate of drug-likeness (QED) is 0.912. The van der Waals surface area contributed by atoms with Crippen LogP contribution in [0.5, 0.6) is 0 Å². The maximum absolute atomic E-state index is 13.1. The van der Waals surface area contributed by atoms with Crippen LogP contribution in [0.25, 0.3) is 10.8 Å². The zero-order chi connectivity index (χ0) is 15.3. The van der Waals surface area contributed by atoms with Crippen LogP contribution in [0.1, 0.15) is 12.0 Å². The van der Waals surface area contributed by atoms with Crippen LogP contribution >= 0.6 is 0 Å². The highest BCUT2D eigenvalue weighted by Crippen LogP contribution is 2.33. The maximum Gasteiger partial charge on any atom is 0.243 e. The molecule has 0 amide bonds. The molecule has 2 unspecified atom stereocenters. The molecule has 6 heteroatoms. The van der Waals surface area contributed by atoms with E-state index in [0.29, 0.717) is 29.9 Å². The predicted octanol–water partition coefficient (Wildman–Crippen LogP) is 1.53. The second-order valence-electron chi connectivity index (χ2n) is 6.24. The SMILES string of the molecule is Cc1cncc2cccc(S(=O)(=O)N3CC4CCNC4C3)c12. The predicted molar refractivity (Wildman–Crippen MR) is 85.1 cm³/mol. The Morgan fingerprint density at radius 1 is 1.27 bits per heavy atom. The number of nitrogens with one attached hydrogen (secondary N) is 1. The second kappa shape index (κ2) is 5.01. The lowest BCUT2D eigenvalue weighted by Crippen LogP contribution is -2.34. The van der Waals surface area contributed by atoms with E-state index in [4.69, 9.17) is 0 Å². The summed E-state index contributed by atoms with van der Waals surface area (Å²) < 4.78 is 27.9. The zero-order valence-electron chi connectivity index (χ0n) is 12.5. The normalized spacial score (nSPS) is 25.7. The maximum atomic E-state index is 13.1. The molecule has 3 heterocycles. The van der Waals surface area contributed by atoms with E-state index in [1.165, 1.54) is 0 Å². The lowest BCUT2D eigenvalue weighted by molar-refractivity contribution is 0.449. The number of hydrogen-bond acceptors (Lipinski definition) is 4. The van der Waals surface area contributed by atoms with Gasteiger partial charge in [-0.1, -0.05) is 12.1 Å². The number of hydrogen-bond donors (Lipinski definition) is 1. The monoisotopic (exact) mass is 317 g/mol. The highest BCUT2D eigenvalue weighted by molar-refractivity contribution is 7.89. The van der Waals surface area contributed by atoms with Gasteiger partial charge >= 0.3 is 0 Å². The zero-order valence-corrected chi connectivity index (χ0v) is 13.3. The molecular weight excluding hydrogens is 298 g/mol. The minimum atomic E-state index is -3.46. The largest absolute Gasteiger partial charge is 0.312 e. The summed E-state index contributed by atoms with van der Waals surface area (Å²) in [7, 11) is -3.46. The van der Waals surface area contributed by atoms with Crippen molar-refractivity contribution in [2.24, 2.45) is 5.92 Å². The van der Waals surface area contributed by atoms with Crippen LogP contribution in [-0.2, 0) is 10.0 Å². The van der Waals surface area contributed by atoms with Gasteiger partial charge in [-0.25, -0.2) is 8.42 Å². The van der Waals surface area contributed by atoms with Crippen LogP contribution in [0.15, 0.2) is 35.5 Å². The molecule has 22 heavy (non-hydrogen) atoms. The first-order valence-electron chi connectivity index (χ1n) is 7.64. The Hall–Kier alpha value is -1.50. The first-order valence-corrected chi connectivity index (χ1v) is 9.08. The molecule has 2 fully saturated rings. The Morgan fingerprint density at radius 3 is 2.95 bits per heavy atom. The molecule has 1 N–H and O–H groups in total. The van der Waals surface area contributed by atoms with Crippen molar-refractivity contribution in [1.82, 2.24) is 14.6 Å². The molecule has 0 saturated carbocycles. The second-order valence-corrected chi connectivity index (χ2v) is 8.15. The van der Waals surface area contributed by atoms with E-state index in [2.05, 4.69) is 10.3 Å². The smallest absolute Gasteiger partial charge is 0.243 e. The Balaban J connectivity index is 1.81. The van der Waals surface area contributed by atoms with Gasteiger partial charge in [-0.05, 0) is 37.4 Å². The van der Waals surface area contributed by atoms with Crippen LogP contribution < -0.4 is 5.32 Å². The summed E-state index contributed by atoms with van der Waals surface area (Å²) in [5, 5.41) is 5.07. The van der Waals surface area contributed by atoms with E-state index in [1.54, 1.807) is 28.8 Å². The highest BCUT2D eigenvalue weighted by Gasteiger charge is 2.41. The van der Waals surface area contributed by atoms with Gasteiger partial charge in [-0.2, -0.15) is 4.31 Å². The van der Waals surface area contributed by atoms with Crippen LogP contribution in [-0.4, -0.2) is 43.4 Å². The average Bonchev–Trinajstić information content (AvgIpc) is 3.08. The van der Waals surface area contributed by atoms with Crippen molar-refractivity contribution in [3.05, 3.63) is 36.2 Å². The summed E-state index contributed by atoms with van der Waals surface area (Å²) in [6.45, 7) is 4.12. The lowest BCUT2D eigenvalue weighted by Gasteiger charge is -2.19. The summed E-state index contributed by atoms with van der Waals surface area (Å²) in [5.41, 5.74) is 0.897. The number of fused-ring (bicyclic) bond motifs is 2. The van der Waals surface area contributed by atoms with Gasteiger partial charge in [-0.15, -0.1) is 0 Å². The Kier molecular flexibility index (Phi) is 3.21. The van der Waals surface area contributed by atoms with E-state index in [9.17, 15) is 8.42 Å². The molecule has 0 spiro atoms. The minimum absolute atomic E-state index is 0.313. The molecule has 2 aromatic rings. The summed E-state index contributed by atoms with van der Waals surface area (Å²) in [5.74, 6) is 0.451. The first-order chi connectivity index (χ1) is 10.6. The van der Waals surface area contributed by atoms with Gasteiger partial charge in [0.1, 0.15) is 0 Å². The fourth-order valence-corrected chi connectivity index (χ4v) is 5.54. The van der Waals surface area contributed by atoms with Gasteiger partial charge in [0.15, 0.2) is 0 Å². The molecule has 0 aliphatic carbocycles. The third-order valence-corrected chi connectivity index (χ3v) is 6.76.